The predicted octanol–water partition coefficient (Wildman–Crippen LogP) is 2.04. The quantitative estimate of drug-likeness (QED) is 0.521. The Hall–Kier alpha value is -2.70. The summed E-state index contributed by atoms with van der Waals surface area (Å²) in [4.78, 5) is 34.3. The minimum atomic E-state index is -0.548. The van der Waals surface area contributed by atoms with Gasteiger partial charge in [-0.25, -0.2) is 4.79 Å². The average molecular weight is 304 g/mol. The molecule has 0 saturated carbocycles. The third-order valence-corrected chi connectivity index (χ3v) is 3.45. The Kier molecular flexibility index (Phi) is 4.55. The molecule has 7 nitrogen and oxygen atoms in total. The van der Waals surface area contributed by atoms with Gasteiger partial charge in [-0.15, -0.1) is 0 Å². The van der Waals surface area contributed by atoms with Crippen molar-refractivity contribution >= 4 is 17.6 Å². The minimum Gasteiger partial charge on any atom is -0.463 e. The number of nitrogens with zero attached hydrogens (tertiary/aromatic N) is 1. The second kappa shape index (κ2) is 6.38. The molecule has 1 heterocycles. The van der Waals surface area contributed by atoms with Crippen molar-refractivity contribution in [3.05, 3.63) is 51.2 Å². The number of ether oxygens (including phenoxy) is 1. The van der Waals surface area contributed by atoms with E-state index in [1.807, 2.05) is 0 Å². The fourth-order valence-electron chi connectivity index (χ4n) is 2.52. The maximum absolute atomic E-state index is 12.2. The van der Waals surface area contributed by atoms with Crippen molar-refractivity contribution in [2.45, 2.75) is 26.2 Å². The largest absolute Gasteiger partial charge is 0.463 e. The number of carbonyl (C=O) groups excluding carboxylic acids is 2. The molecule has 1 N–H and O–H groups in total. The van der Waals surface area contributed by atoms with E-state index in [2.05, 4.69) is 5.32 Å². The number of carbonyl (C=O) groups is 2. The standard InChI is InChI=1S/C15H16N2O5/c1-3-22-15(19)14-9(2)16-13(18)8-12(14)10-5-4-6-11(7-10)17(20)21/h4-7,12H,3,8H2,1-2H3,(H,16,18)/t12-/m1/s1. The number of hydrogen-bond donors (Lipinski definition) is 1. The van der Waals surface area contributed by atoms with Crippen LogP contribution in [0.2, 0.25) is 0 Å². The molecule has 1 atom stereocenters. The molecule has 7 heteroatoms. The Bertz CT molecular complexity index is 666. The number of non-ortho nitro benzene ring substituents is 1. The summed E-state index contributed by atoms with van der Waals surface area (Å²) in [5, 5.41) is 13.5. The van der Waals surface area contributed by atoms with Crippen molar-refractivity contribution in [2.24, 2.45) is 0 Å². The Morgan fingerprint density at radius 3 is 2.86 bits per heavy atom. The second-order valence-corrected chi connectivity index (χ2v) is 4.92. The van der Waals surface area contributed by atoms with Crippen LogP contribution in [0, 0.1) is 10.1 Å². The zero-order valence-electron chi connectivity index (χ0n) is 12.3. The van der Waals surface area contributed by atoms with Gasteiger partial charge in [0.2, 0.25) is 5.91 Å². The van der Waals surface area contributed by atoms with Gasteiger partial charge >= 0.3 is 5.97 Å². The number of amides is 1. The fourth-order valence-corrected chi connectivity index (χ4v) is 2.52. The van der Waals surface area contributed by atoms with E-state index in [0.717, 1.165) is 0 Å². The lowest BCUT2D eigenvalue weighted by molar-refractivity contribution is -0.384. The summed E-state index contributed by atoms with van der Waals surface area (Å²) in [6.45, 7) is 3.52. The first kappa shape index (κ1) is 15.7. The summed E-state index contributed by atoms with van der Waals surface area (Å²) >= 11 is 0. The summed E-state index contributed by atoms with van der Waals surface area (Å²) in [5.41, 5.74) is 1.23. The molecule has 0 saturated heterocycles. The predicted molar refractivity (Wildman–Crippen MR) is 77.9 cm³/mol. The monoisotopic (exact) mass is 304 g/mol. The highest BCUT2D eigenvalue weighted by molar-refractivity contribution is 5.95. The van der Waals surface area contributed by atoms with Crippen molar-refractivity contribution in [1.29, 1.82) is 0 Å². The molecule has 1 aromatic rings. The Morgan fingerprint density at radius 1 is 1.50 bits per heavy atom. The van der Waals surface area contributed by atoms with Crippen LogP contribution in [0.1, 0.15) is 31.7 Å². The van der Waals surface area contributed by atoms with Gasteiger partial charge < -0.3 is 10.1 Å². The van der Waals surface area contributed by atoms with Gasteiger partial charge in [0.1, 0.15) is 0 Å². The van der Waals surface area contributed by atoms with Gasteiger partial charge in [-0.1, -0.05) is 12.1 Å². The lowest BCUT2D eigenvalue weighted by Crippen LogP contribution is -2.34. The van der Waals surface area contributed by atoms with Crippen LogP contribution in [0.4, 0.5) is 5.69 Å². The van der Waals surface area contributed by atoms with Crippen LogP contribution in [-0.2, 0) is 14.3 Å². The van der Waals surface area contributed by atoms with Crippen molar-refractivity contribution in [2.75, 3.05) is 6.61 Å². The number of allylic oxidation sites excluding steroid dienone is 1. The highest BCUT2D eigenvalue weighted by atomic mass is 16.6. The van der Waals surface area contributed by atoms with Crippen LogP contribution < -0.4 is 5.32 Å². The third kappa shape index (κ3) is 3.13. The van der Waals surface area contributed by atoms with Crippen molar-refractivity contribution < 1.29 is 19.2 Å². The normalized spacial score (nSPS) is 17.9. The van der Waals surface area contributed by atoms with Crippen LogP contribution in [-0.4, -0.2) is 23.4 Å². The van der Waals surface area contributed by atoms with Gasteiger partial charge in [-0.05, 0) is 19.4 Å². The summed E-state index contributed by atoms with van der Waals surface area (Å²) in [6.07, 6.45) is 0.0483. The van der Waals surface area contributed by atoms with E-state index < -0.39 is 16.8 Å². The first-order valence-corrected chi connectivity index (χ1v) is 6.86. The molecule has 2 rings (SSSR count). The number of rotatable bonds is 4. The van der Waals surface area contributed by atoms with Gasteiger partial charge in [0, 0.05) is 30.2 Å². The Labute approximate surface area is 127 Å². The van der Waals surface area contributed by atoms with E-state index in [0.29, 0.717) is 16.8 Å². The molecule has 0 aromatic heterocycles. The molecule has 116 valence electrons. The van der Waals surface area contributed by atoms with Gasteiger partial charge in [-0.3, -0.25) is 14.9 Å². The van der Waals surface area contributed by atoms with Crippen LogP contribution in [0.3, 0.4) is 0 Å². The smallest absolute Gasteiger partial charge is 0.336 e. The van der Waals surface area contributed by atoms with E-state index in [9.17, 15) is 19.7 Å². The van der Waals surface area contributed by atoms with Gasteiger partial charge in [0.05, 0.1) is 17.1 Å². The molecule has 1 aliphatic rings. The molecule has 1 amide bonds. The maximum atomic E-state index is 12.2. The molecule has 0 aliphatic carbocycles. The molecule has 1 aliphatic heterocycles. The second-order valence-electron chi connectivity index (χ2n) is 4.92. The van der Waals surface area contributed by atoms with E-state index in [1.165, 1.54) is 18.2 Å². The van der Waals surface area contributed by atoms with E-state index in [4.69, 9.17) is 4.74 Å². The molecule has 0 spiro atoms. The number of benzene rings is 1. The molecule has 0 bridgehead atoms. The number of nitro benzene ring substituents is 1. The van der Waals surface area contributed by atoms with Crippen LogP contribution in [0.25, 0.3) is 0 Å². The fraction of sp³-hybridized carbons (Fsp3) is 0.333. The molecule has 0 fully saturated rings. The molecular formula is C15H16N2O5. The van der Waals surface area contributed by atoms with E-state index in [1.54, 1.807) is 19.9 Å². The third-order valence-electron chi connectivity index (χ3n) is 3.45. The van der Waals surface area contributed by atoms with Crippen LogP contribution >= 0.6 is 0 Å². The van der Waals surface area contributed by atoms with Gasteiger partial charge in [0.25, 0.3) is 5.69 Å². The highest BCUT2D eigenvalue weighted by Gasteiger charge is 2.33. The molecule has 1 aromatic carbocycles. The number of nitrogens with one attached hydrogen (secondary N) is 1. The van der Waals surface area contributed by atoms with Crippen molar-refractivity contribution in [3.8, 4) is 0 Å². The molecule has 22 heavy (non-hydrogen) atoms. The zero-order valence-corrected chi connectivity index (χ0v) is 12.3. The summed E-state index contributed by atoms with van der Waals surface area (Å²) < 4.78 is 5.03. The first-order valence-electron chi connectivity index (χ1n) is 6.86. The molecule has 0 unspecified atom stereocenters. The summed E-state index contributed by atoms with van der Waals surface area (Å²) in [5.74, 6) is -1.30. The lowest BCUT2D eigenvalue weighted by Gasteiger charge is -2.26. The van der Waals surface area contributed by atoms with Crippen LogP contribution in [0.15, 0.2) is 35.5 Å². The van der Waals surface area contributed by atoms with E-state index >= 15 is 0 Å². The molecular weight excluding hydrogens is 288 g/mol. The number of hydrogen-bond acceptors (Lipinski definition) is 5. The Morgan fingerprint density at radius 2 is 2.23 bits per heavy atom. The Balaban J connectivity index is 2.47. The lowest BCUT2D eigenvalue weighted by atomic mass is 9.84. The topological polar surface area (TPSA) is 98.5 Å². The highest BCUT2D eigenvalue weighted by Crippen LogP contribution is 2.34. The van der Waals surface area contributed by atoms with Crippen molar-refractivity contribution in [3.63, 3.8) is 0 Å². The minimum absolute atomic E-state index is 0.0483. The zero-order chi connectivity index (χ0) is 16.3. The molecule has 0 radical (unpaired) electrons. The number of esters is 1. The van der Waals surface area contributed by atoms with Crippen molar-refractivity contribution in [1.82, 2.24) is 5.32 Å². The first-order chi connectivity index (χ1) is 10.4. The van der Waals surface area contributed by atoms with Gasteiger partial charge in [-0.2, -0.15) is 0 Å². The summed E-state index contributed by atoms with van der Waals surface area (Å²) in [7, 11) is 0. The van der Waals surface area contributed by atoms with E-state index in [-0.39, 0.29) is 24.6 Å². The summed E-state index contributed by atoms with van der Waals surface area (Å²) in [6, 6.07) is 5.96. The maximum Gasteiger partial charge on any atom is 0.336 e. The SMILES string of the molecule is CCOC(=O)C1=C(C)NC(=O)C[C@@H]1c1cccc([N+](=O)[O-])c1. The number of nitro groups is 1. The van der Waals surface area contributed by atoms with Crippen LogP contribution in [0.5, 0.6) is 0 Å². The van der Waals surface area contributed by atoms with Gasteiger partial charge in [0.15, 0.2) is 0 Å². The average Bonchev–Trinajstić information content (AvgIpc) is 2.46.